The lowest BCUT2D eigenvalue weighted by Crippen LogP contribution is -1.93. The molecule has 0 spiro atoms. The zero-order valence-corrected chi connectivity index (χ0v) is 8.47. The zero-order valence-electron chi connectivity index (χ0n) is 5.56. The van der Waals surface area contributed by atoms with Crippen molar-refractivity contribution in [2.75, 3.05) is 0 Å². The summed E-state index contributed by atoms with van der Waals surface area (Å²) in [6.45, 7) is 0. The minimum atomic E-state index is -2.65. The van der Waals surface area contributed by atoms with Gasteiger partial charge in [0.2, 0.25) is 0 Å². The lowest BCUT2D eigenvalue weighted by molar-refractivity contribution is 0.149. The van der Waals surface area contributed by atoms with Gasteiger partial charge < -0.3 is 5.11 Å². The summed E-state index contributed by atoms with van der Waals surface area (Å²) in [6.07, 6.45) is -2.65. The topological polar surface area (TPSA) is 33.1 Å². The fourth-order valence-electron chi connectivity index (χ4n) is 0.627. The molecule has 6 heteroatoms. The molecule has 1 N–H and O–H groups in total. The van der Waals surface area contributed by atoms with E-state index in [1.807, 2.05) is 0 Å². The van der Waals surface area contributed by atoms with Crippen molar-refractivity contribution in [3.05, 3.63) is 20.5 Å². The Morgan fingerprint density at radius 1 is 1.58 bits per heavy atom. The number of alkyl halides is 2. The van der Waals surface area contributed by atoms with E-state index in [2.05, 4.69) is 4.98 Å². The molecule has 1 heterocycles. The fraction of sp³-hybridized carbons (Fsp3) is 0.167. The van der Waals surface area contributed by atoms with E-state index in [9.17, 15) is 8.78 Å². The lowest BCUT2D eigenvalue weighted by Gasteiger charge is -2.03. The maximum absolute atomic E-state index is 12.1. The molecule has 0 saturated carbocycles. The number of pyridine rings is 1. The van der Waals surface area contributed by atoms with Crippen molar-refractivity contribution >= 4 is 34.2 Å². The third kappa shape index (κ3) is 1.95. The summed E-state index contributed by atoms with van der Waals surface area (Å²) in [5.41, 5.74) is -0.308. The monoisotopic (exact) mass is 305 g/mol. The Labute approximate surface area is 85.7 Å². The molecule has 0 unspecified atom stereocenters. The van der Waals surface area contributed by atoms with Gasteiger partial charge in [0.05, 0.1) is 5.56 Å². The highest BCUT2D eigenvalue weighted by atomic mass is 127. The van der Waals surface area contributed by atoms with Crippen molar-refractivity contribution in [2.24, 2.45) is 0 Å². The molecule has 0 bridgehead atoms. The highest BCUT2D eigenvalue weighted by Gasteiger charge is 2.15. The molecule has 0 amide bonds. The maximum atomic E-state index is 12.1. The van der Waals surface area contributed by atoms with Crippen LogP contribution in [0.2, 0.25) is 5.15 Å². The van der Waals surface area contributed by atoms with Gasteiger partial charge in [-0.05, 0) is 28.7 Å². The van der Waals surface area contributed by atoms with Gasteiger partial charge in [0.25, 0.3) is 6.43 Å². The van der Waals surface area contributed by atoms with Gasteiger partial charge in [-0.15, -0.1) is 0 Å². The average molecular weight is 305 g/mol. The van der Waals surface area contributed by atoms with Gasteiger partial charge in [-0.25, -0.2) is 13.8 Å². The van der Waals surface area contributed by atoms with Crippen LogP contribution in [-0.2, 0) is 0 Å². The van der Waals surface area contributed by atoms with Crippen molar-refractivity contribution in [3.63, 3.8) is 0 Å². The minimum absolute atomic E-state index is 0.102. The van der Waals surface area contributed by atoms with Gasteiger partial charge in [-0.1, -0.05) is 11.6 Å². The summed E-state index contributed by atoms with van der Waals surface area (Å²) < 4.78 is 24.4. The van der Waals surface area contributed by atoms with Crippen LogP contribution in [0.5, 0.6) is 5.75 Å². The number of hydrogen-bond acceptors (Lipinski definition) is 2. The molecule has 0 aliphatic rings. The normalized spacial score (nSPS) is 10.8. The fourth-order valence-corrected chi connectivity index (χ4v) is 1.54. The molecule has 1 aromatic rings. The summed E-state index contributed by atoms with van der Waals surface area (Å²) in [7, 11) is 0. The van der Waals surface area contributed by atoms with Crippen LogP contribution in [0.1, 0.15) is 12.0 Å². The third-order valence-corrected chi connectivity index (χ3v) is 2.32. The van der Waals surface area contributed by atoms with E-state index in [0.29, 0.717) is 0 Å². The number of rotatable bonds is 1. The first-order valence-corrected chi connectivity index (χ1v) is 4.31. The standard InChI is InChI=1S/C6H3ClF2INO/c7-4-3(12)1-2(5(8)9)6(10)11-4/h1,5,12H. The molecule has 0 radical (unpaired) electrons. The molecule has 1 rings (SSSR count). The summed E-state index contributed by atoms with van der Waals surface area (Å²) in [5, 5.41) is 8.78. The SMILES string of the molecule is Oc1cc(C(F)F)c(I)nc1Cl. The van der Waals surface area contributed by atoms with Crippen molar-refractivity contribution in [1.82, 2.24) is 4.98 Å². The second-order valence-corrected chi connectivity index (χ2v) is 3.36. The molecule has 66 valence electrons. The van der Waals surface area contributed by atoms with Crippen LogP contribution >= 0.6 is 34.2 Å². The lowest BCUT2D eigenvalue weighted by atomic mass is 10.3. The quantitative estimate of drug-likeness (QED) is 0.639. The van der Waals surface area contributed by atoms with E-state index in [-0.39, 0.29) is 14.4 Å². The van der Waals surface area contributed by atoms with E-state index < -0.39 is 12.2 Å². The zero-order chi connectivity index (χ0) is 9.30. The van der Waals surface area contributed by atoms with Gasteiger partial charge in [-0.2, -0.15) is 0 Å². The molecule has 0 atom stereocenters. The van der Waals surface area contributed by atoms with E-state index >= 15 is 0 Å². The molecule has 0 aliphatic heterocycles. The highest BCUT2D eigenvalue weighted by Crippen LogP contribution is 2.30. The van der Waals surface area contributed by atoms with Crippen LogP contribution in [0.3, 0.4) is 0 Å². The number of aromatic hydroxyl groups is 1. The van der Waals surface area contributed by atoms with Gasteiger partial charge in [0.15, 0.2) is 10.9 Å². The molecule has 1 aromatic heterocycles. The molecule has 0 saturated heterocycles. The summed E-state index contributed by atoms with van der Waals surface area (Å²) >= 11 is 7.01. The predicted octanol–water partition coefficient (Wildman–Crippen LogP) is 2.98. The maximum Gasteiger partial charge on any atom is 0.266 e. The van der Waals surface area contributed by atoms with E-state index in [1.54, 1.807) is 22.6 Å². The van der Waals surface area contributed by atoms with Crippen LogP contribution in [0.4, 0.5) is 8.78 Å². The van der Waals surface area contributed by atoms with Crippen LogP contribution in [0.15, 0.2) is 6.07 Å². The Balaban J connectivity index is 3.23. The van der Waals surface area contributed by atoms with Crippen LogP contribution in [0.25, 0.3) is 0 Å². The number of aromatic nitrogens is 1. The molecular weight excluding hydrogens is 302 g/mol. The van der Waals surface area contributed by atoms with Crippen molar-refractivity contribution in [3.8, 4) is 5.75 Å². The minimum Gasteiger partial charge on any atom is -0.505 e. The van der Waals surface area contributed by atoms with E-state index in [4.69, 9.17) is 16.7 Å². The Bertz CT molecular complexity index is 308. The Hall–Kier alpha value is -0.170. The summed E-state index contributed by atoms with van der Waals surface area (Å²) in [6, 6.07) is 0.918. The summed E-state index contributed by atoms with van der Waals surface area (Å²) in [4.78, 5) is 3.52. The Kier molecular flexibility index (Phi) is 3.05. The highest BCUT2D eigenvalue weighted by molar-refractivity contribution is 14.1. The van der Waals surface area contributed by atoms with Gasteiger partial charge in [0.1, 0.15) is 3.70 Å². The predicted molar refractivity (Wildman–Crippen MR) is 48.6 cm³/mol. The van der Waals surface area contributed by atoms with E-state index in [0.717, 1.165) is 6.07 Å². The Morgan fingerprint density at radius 3 is 2.67 bits per heavy atom. The third-order valence-electron chi connectivity index (χ3n) is 1.17. The molecule has 0 aliphatic carbocycles. The summed E-state index contributed by atoms with van der Waals surface area (Å²) in [5.74, 6) is -0.424. The van der Waals surface area contributed by atoms with Crippen molar-refractivity contribution in [2.45, 2.75) is 6.43 Å². The van der Waals surface area contributed by atoms with Crippen molar-refractivity contribution in [1.29, 1.82) is 0 Å². The first kappa shape index (κ1) is 9.91. The van der Waals surface area contributed by atoms with Gasteiger partial charge in [-0.3, -0.25) is 0 Å². The van der Waals surface area contributed by atoms with Crippen LogP contribution in [0, 0.1) is 3.70 Å². The first-order valence-electron chi connectivity index (χ1n) is 2.85. The molecule has 2 nitrogen and oxygen atoms in total. The molecule has 12 heavy (non-hydrogen) atoms. The smallest absolute Gasteiger partial charge is 0.266 e. The van der Waals surface area contributed by atoms with Crippen LogP contribution in [-0.4, -0.2) is 10.1 Å². The average Bonchev–Trinajstić information content (AvgIpc) is 1.96. The van der Waals surface area contributed by atoms with E-state index in [1.165, 1.54) is 0 Å². The number of halogens is 4. The number of nitrogens with zero attached hydrogens (tertiary/aromatic N) is 1. The second kappa shape index (κ2) is 3.69. The Morgan fingerprint density at radius 2 is 2.17 bits per heavy atom. The second-order valence-electron chi connectivity index (χ2n) is 1.98. The van der Waals surface area contributed by atoms with Gasteiger partial charge in [0, 0.05) is 0 Å². The van der Waals surface area contributed by atoms with Gasteiger partial charge >= 0.3 is 0 Å². The molecule has 0 fully saturated rings. The number of hydrogen-bond donors (Lipinski definition) is 1. The van der Waals surface area contributed by atoms with Crippen molar-refractivity contribution < 1.29 is 13.9 Å². The molecule has 0 aromatic carbocycles. The first-order chi connectivity index (χ1) is 5.52. The largest absolute Gasteiger partial charge is 0.505 e. The molecular formula is C6H3ClF2INO. The van der Waals surface area contributed by atoms with Crippen LogP contribution < -0.4 is 0 Å².